The summed E-state index contributed by atoms with van der Waals surface area (Å²) in [6.07, 6.45) is -1.89. The molecule has 0 amide bonds. The van der Waals surface area contributed by atoms with Gasteiger partial charge < -0.3 is 43.5 Å². The zero-order chi connectivity index (χ0) is 38.1. The van der Waals surface area contributed by atoms with Crippen LogP contribution in [0.25, 0.3) is 0 Å². The second-order valence-electron chi connectivity index (χ2n) is 18.3. The molecule has 2 N–H and O–H groups in total. The first-order valence-electron chi connectivity index (χ1n) is 19.4. The number of rotatable bonds is 7. The summed E-state index contributed by atoms with van der Waals surface area (Å²) >= 11 is 0. The molecule has 3 aliphatic heterocycles. The summed E-state index contributed by atoms with van der Waals surface area (Å²) in [5, 5.41) is 22.6. The molecular formula is C40H75AcNO9. The van der Waals surface area contributed by atoms with Gasteiger partial charge in [-0.05, 0) is 90.6 Å². The van der Waals surface area contributed by atoms with Crippen molar-refractivity contribution < 1.29 is 87.5 Å². The van der Waals surface area contributed by atoms with Crippen LogP contribution in [0.2, 0.25) is 0 Å². The van der Waals surface area contributed by atoms with Crippen molar-refractivity contribution in [3.63, 3.8) is 0 Å². The van der Waals surface area contributed by atoms with Gasteiger partial charge in [-0.15, -0.1) is 0 Å². The van der Waals surface area contributed by atoms with Crippen molar-refractivity contribution in [3.05, 3.63) is 0 Å². The molecular weight excluding hydrogens is 865 g/mol. The van der Waals surface area contributed by atoms with Crippen molar-refractivity contribution in [2.45, 2.75) is 189 Å². The number of likely N-dealkylation sites (N-methyl/N-ethyl adjacent to an activating group) is 1. The van der Waals surface area contributed by atoms with Crippen molar-refractivity contribution in [1.82, 2.24) is 4.90 Å². The van der Waals surface area contributed by atoms with E-state index in [0.717, 1.165) is 12.8 Å². The van der Waals surface area contributed by atoms with E-state index in [1.54, 1.807) is 7.11 Å². The Morgan fingerprint density at radius 1 is 0.902 bits per heavy atom. The molecule has 3 rings (SSSR count). The molecule has 0 bridgehead atoms. The summed E-state index contributed by atoms with van der Waals surface area (Å²) in [7, 11) is 5.53. The third-order valence-electron chi connectivity index (χ3n) is 13.1. The summed E-state index contributed by atoms with van der Waals surface area (Å²) in [5.74, 6) is -0.300. The molecule has 0 spiro atoms. The summed E-state index contributed by atoms with van der Waals surface area (Å²) in [4.78, 5) is 16.4. The number of aliphatic hydroxyl groups excluding tert-OH is 2. The van der Waals surface area contributed by atoms with E-state index in [0.29, 0.717) is 30.6 Å². The van der Waals surface area contributed by atoms with Crippen LogP contribution in [0, 0.1) is 84.5 Å². The Bertz CT molecular complexity index is 1090. The minimum absolute atomic E-state index is 0. The van der Waals surface area contributed by atoms with E-state index in [2.05, 4.69) is 62.3 Å². The molecule has 0 saturated carbocycles. The minimum atomic E-state index is -0.900. The second kappa shape index (κ2) is 19.2. The van der Waals surface area contributed by atoms with Gasteiger partial charge in [-0.1, -0.05) is 62.3 Å². The molecule has 10 nitrogen and oxygen atoms in total. The average Bonchev–Trinajstić information content (AvgIpc) is 3.02. The van der Waals surface area contributed by atoms with E-state index >= 15 is 0 Å². The molecule has 3 aliphatic rings. The molecule has 16 atom stereocenters. The monoisotopic (exact) mass is 941 g/mol. The molecule has 1 radical (unpaired) electrons. The van der Waals surface area contributed by atoms with Crippen LogP contribution in [0.1, 0.15) is 122 Å². The van der Waals surface area contributed by atoms with Gasteiger partial charge in [0.1, 0.15) is 18.3 Å². The van der Waals surface area contributed by atoms with Gasteiger partial charge in [-0.25, -0.2) is 0 Å². The Morgan fingerprint density at radius 3 is 2.06 bits per heavy atom. The van der Waals surface area contributed by atoms with Gasteiger partial charge in [0.2, 0.25) is 0 Å². The van der Waals surface area contributed by atoms with Gasteiger partial charge in [0, 0.05) is 75.0 Å². The Labute approximate surface area is 346 Å². The first-order valence-corrected chi connectivity index (χ1v) is 19.4. The van der Waals surface area contributed by atoms with Crippen molar-refractivity contribution in [2.24, 2.45) is 40.4 Å². The molecule has 11 heteroatoms. The van der Waals surface area contributed by atoms with E-state index in [1.807, 2.05) is 46.7 Å². The van der Waals surface area contributed by atoms with E-state index in [9.17, 15) is 15.0 Å². The molecule has 0 aromatic heterocycles. The predicted molar refractivity (Wildman–Crippen MR) is 195 cm³/mol. The molecule has 0 aliphatic carbocycles. The number of hydrogen-bond acceptors (Lipinski definition) is 10. The van der Waals surface area contributed by atoms with Crippen molar-refractivity contribution in [3.8, 4) is 0 Å². The Kier molecular flexibility index (Phi) is 17.9. The topological polar surface area (TPSA) is 116 Å². The van der Waals surface area contributed by atoms with E-state index in [4.69, 9.17) is 28.4 Å². The number of carbonyl (C=O) groups excluding carboxylic acids is 1. The van der Waals surface area contributed by atoms with Gasteiger partial charge in [-0.3, -0.25) is 4.79 Å². The van der Waals surface area contributed by atoms with E-state index < -0.39 is 60.0 Å². The molecule has 297 valence electrons. The second-order valence-corrected chi connectivity index (χ2v) is 18.3. The van der Waals surface area contributed by atoms with E-state index in [-0.39, 0.29) is 86.0 Å². The van der Waals surface area contributed by atoms with Crippen LogP contribution >= 0.6 is 0 Å². The summed E-state index contributed by atoms with van der Waals surface area (Å²) in [6.45, 7) is 27.6. The molecule has 3 heterocycles. The van der Waals surface area contributed by atoms with Crippen LogP contribution in [-0.2, 0) is 33.2 Å². The van der Waals surface area contributed by atoms with Gasteiger partial charge in [0.15, 0.2) is 12.6 Å². The van der Waals surface area contributed by atoms with Crippen LogP contribution in [0.3, 0.4) is 0 Å². The van der Waals surface area contributed by atoms with Gasteiger partial charge in [0.25, 0.3) is 0 Å². The zero-order valence-corrected chi connectivity index (χ0v) is 39.7. The maximum Gasteiger partial charge on any atom is 0.311 e. The third kappa shape index (κ3) is 11.1. The fourth-order valence-corrected chi connectivity index (χ4v) is 9.56. The Morgan fingerprint density at radius 2 is 1.51 bits per heavy atom. The predicted octanol–water partition coefficient (Wildman–Crippen LogP) is 6.43. The van der Waals surface area contributed by atoms with Crippen molar-refractivity contribution in [2.75, 3.05) is 21.2 Å². The largest absolute Gasteiger partial charge is 0.462 e. The number of aliphatic hydroxyl groups is 2. The number of cyclic esters (lactones) is 1. The maximum absolute atomic E-state index is 14.3. The first kappa shape index (κ1) is 47.7. The normalized spacial score (nSPS) is 45.7. The Hall–Kier alpha value is 0.592. The van der Waals surface area contributed by atoms with Gasteiger partial charge >= 0.3 is 5.97 Å². The fourth-order valence-electron chi connectivity index (χ4n) is 9.56. The number of methoxy groups -OCH3 is 1. The van der Waals surface area contributed by atoms with Crippen LogP contribution in [0.15, 0.2) is 0 Å². The number of carbonyl (C=O) groups is 1. The number of nitrogens with zero attached hydrogens (tertiary/aromatic N) is 1. The Balaban J connectivity index is 0.00000901. The standard InChI is InChI=1S/C40H75NO9.Ac/c1-17-30-39(11,12)27(7)23(3)18-22(2)20-38(9,10)35(50-37-32(42)29(41(14)15)19-24(4)46-37)25(5)33(26(6)36(44)48-30)49-31-21-40(13,45-16)34(43)28(8)47-31;/h22-35,37,42-43H,17-21H2,1-16H3;/t22?,23?,24?,25?,26?,27-,28?,29?,30-,31?,32?,33?,34?,35?,37?,40?;/m1./s1. The van der Waals surface area contributed by atoms with Crippen LogP contribution in [-0.4, -0.2) is 109 Å². The minimum Gasteiger partial charge on any atom is -0.462 e. The number of hydrogen-bond donors (Lipinski definition) is 2. The smallest absolute Gasteiger partial charge is 0.311 e. The average molecular weight is 941 g/mol. The molecule has 0 aromatic rings. The van der Waals surface area contributed by atoms with Gasteiger partial charge in [-0.2, -0.15) is 0 Å². The van der Waals surface area contributed by atoms with Crippen molar-refractivity contribution >= 4 is 5.97 Å². The summed E-state index contributed by atoms with van der Waals surface area (Å²) < 4.78 is 38.8. The van der Waals surface area contributed by atoms with Crippen LogP contribution < -0.4 is 0 Å². The number of ether oxygens (including phenoxy) is 6. The molecule has 3 saturated heterocycles. The number of esters is 1. The van der Waals surface area contributed by atoms with E-state index in [1.165, 1.54) is 0 Å². The van der Waals surface area contributed by atoms with Crippen LogP contribution in [0.5, 0.6) is 0 Å². The molecule has 3 fully saturated rings. The fraction of sp³-hybridized carbons (Fsp3) is 0.975. The SMILES string of the molecule is CC[C@H]1OC(=O)C(C)C(OC2CC(C)(OC)C(O)C(C)O2)C(C)C(OC2OC(C)CC(N(C)C)C2O)C(C)(C)CC(C)CC(C)[C@@H](C)C1(C)C.[Ac]. The van der Waals surface area contributed by atoms with Gasteiger partial charge in [0.05, 0.1) is 35.9 Å². The maximum atomic E-state index is 14.3. The van der Waals surface area contributed by atoms with Crippen molar-refractivity contribution in [1.29, 1.82) is 0 Å². The molecule has 51 heavy (non-hydrogen) atoms. The molecule has 14 unspecified atom stereocenters. The quantitative estimate of drug-likeness (QED) is 0.277. The first-order chi connectivity index (χ1) is 23.0. The summed E-state index contributed by atoms with van der Waals surface area (Å²) in [5.41, 5.74) is -1.56. The molecule has 0 aromatic carbocycles. The van der Waals surface area contributed by atoms with Crippen LogP contribution in [0.4, 0.5) is 0 Å². The summed E-state index contributed by atoms with van der Waals surface area (Å²) in [6, 6.07) is -0.132. The zero-order valence-electron chi connectivity index (χ0n) is 35.0. The third-order valence-corrected chi connectivity index (χ3v) is 13.1.